The molecule has 1 heterocycles. The van der Waals surface area contributed by atoms with Crippen LogP contribution in [-0.2, 0) is 16.6 Å². The van der Waals surface area contributed by atoms with Crippen molar-refractivity contribution in [3.8, 4) is 5.88 Å². The largest absolute Gasteiger partial charge is 0.481 e. The molecule has 3 N–H and O–H groups in total. The minimum Gasteiger partial charge on any atom is -0.481 e. The fourth-order valence-electron chi connectivity index (χ4n) is 2.38. The quantitative estimate of drug-likeness (QED) is 0.458. The zero-order valence-electron chi connectivity index (χ0n) is 15.8. The molecule has 0 radical (unpaired) electrons. The first-order chi connectivity index (χ1) is 14.4. The van der Waals surface area contributed by atoms with E-state index in [1.165, 1.54) is 31.6 Å². The molecule has 0 saturated heterocycles. The van der Waals surface area contributed by atoms with Crippen LogP contribution in [0, 0.1) is 0 Å². The number of benzene rings is 2. The Morgan fingerprint density at radius 1 is 1.10 bits per heavy atom. The van der Waals surface area contributed by atoms with E-state index in [1.807, 2.05) is 12.1 Å². The predicted molar refractivity (Wildman–Crippen MR) is 120 cm³/mol. The predicted octanol–water partition coefficient (Wildman–Crippen LogP) is 3.43. The molecule has 0 aliphatic rings. The van der Waals surface area contributed by atoms with Crippen LogP contribution in [0.4, 0.5) is 11.5 Å². The van der Waals surface area contributed by atoms with Crippen molar-refractivity contribution in [1.29, 1.82) is 0 Å². The summed E-state index contributed by atoms with van der Waals surface area (Å²) < 4.78 is 32.4. The van der Waals surface area contributed by atoms with Gasteiger partial charge < -0.3 is 15.4 Å². The van der Waals surface area contributed by atoms with Crippen LogP contribution in [0.25, 0.3) is 0 Å². The van der Waals surface area contributed by atoms with Crippen molar-refractivity contribution in [2.75, 3.05) is 17.1 Å². The monoisotopic (exact) mass is 463 g/mol. The Labute approximate surface area is 184 Å². The van der Waals surface area contributed by atoms with Crippen LogP contribution in [-0.4, -0.2) is 30.6 Å². The van der Waals surface area contributed by atoms with Gasteiger partial charge in [0.1, 0.15) is 12.1 Å². The summed E-state index contributed by atoms with van der Waals surface area (Å²) in [5, 5.41) is 7.16. The Morgan fingerprint density at radius 3 is 2.47 bits per heavy atom. The maximum Gasteiger partial charge on any atom is 0.263 e. The third-order valence-electron chi connectivity index (χ3n) is 3.88. The molecule has 2 aromatic carbocycles. The van der Waals surface area contributed by atoms with Crippen LogP contribution in [0.15, 0.2) is 65.8 Å². The second-order valence-electron chi connectivity index (χ2n) is 6.01. The van der Waals surface area contributed by atoms with Crippen LogP contribution in [0.2, 0.25) is 5.02 Å². The van der Waals surface area contributed by atoms with Crippen molar-refractivity contribution in [3.05, 3.63) is 71.5 Å². The molecule has 0 aliphatic carbocycles. The molecule has 0 saturated carbocycles. The molecule has 8 nitrogen and oxygen atoms in total. The normalized spacial score (nSPS) is 10.9. The Hall–Kier alpha value is -2.95. The van der Waals surface area contributed by atoms with Crippen molar-refractivity contribution in [2.45, 2.75) is 11.4 Å². The van der Waals surface area contributed by atoms with E-state index in [1.54, 1.807) is 24.3 Å². The van der Waals surface area contributed by atoms with Crippen LogP contribution >= 0.6 is 23.8 Å². The van der Waals surface area contributed by atoms with Crippen LogP contribution in [0.3, 0.4) is 0 Å². The zero-order chi connectivity index (χ0) is 21.6. The van der Waals surface area contributed by atoms with Gasteiger partial charge in [-0.25, -0.2) is 18.4 Å². The first-order valence-corrected chi connectivity index (χ1v) is 10.9. The van der Waals surface area contributed by atoms with Gasteiger partial charge in [-0.1, -0.05) is 23.7 Å². The van der Waals surface area contributed by atoms with E-state index in [-0.39, 0.29) is 16.6 Å². The number of methoxy groups -OCH3 is 1. The van der Waals surface area contributed by atoms with Gasteiger partial charge in [0.15, 0.2) is 5.11 Å². The summed E-state index contributed by atoms with van der Waals surface area (Å²) in [6.45, 7) is 0.530. The van der Waals surface area contributed by atoms with Gasteiger partial charge in [-0.3, -0.25) is 4.72 Å². The molecule has 11 heteroatoms. The van der Waals surface area contributed by atoms with Gasteiger partial charge in [0.2, 0.25) is 5.88 Å². The minimum atomic E-state index is -3.82. The first kappa shape index (κ1) is 21.8. The fraction of sp³-hybridized carbons (Fsp3) is 0.105. The number of thiocarbonyl (C=S) groups is 1. The zero-order valence-corrected chi connectivity index (χ0v) is 18.2. The highest BCUT2D eigenvalue weighted by Gasteiger charge is 2.15. The summed E-state index contributed by atoms with van der Waals surface area (Å²) in [4.78, 5) is 7.79. The summed E-state index contributed by atoms with van der Waals surface area (Å²) >= 11 is 11.1. The van der Waals surface area contributed by atoms with Crippen molar-refractivity contribution in [1.82, 2.24) is 15.3 Å². The van der Waals surface area contributed by atoms with Gasteiger partial charge in [-0.15, -0.1) is 0 Å². The molecule has 30 heavy (non-hydrogen) atoms. The maximum absolute atomic E-state index is 12.5. The number of halogens is 1. The summed E-state index contributed by atoms with van der Waals surface area (Å²) in [7, 11) is -2.38. The smallest absolute Gasteiger partial charge is 0.263 e. The first-order valence-electron chi connectivity index (χ1n) is 8.64. The number of nitrogens with zero attached hydrogens (tertiary/aromatic N) is 2. The molecule has 156 valence electrons. The van der Waals surface area contributed by atoms with Crippen molar-refractivity contribution in [2.24, 2.45) is 0 Å². The standard InChI is InChI=1S/C19H18ClN5O3S2/c1-28-18-10-17(22-12-23-18)25-30(26,27)16-8-6-15(7-9-16)24-19(29)21-11-13-2-4-14(20)5-3-13/h2-10,12H,11H2,1H3,(H2,21,24,29)(H,22,23,25). The average molecular weight is 464 g/mol. The molecule has 0 aliphatic heterocycles. The van der Waals surface area contributed by atoms with Gasteiger partial charge in [0.05, 0.1) is 12.0 Å². The van der Waals surface area contributed by atoms with Gasteiger partial charge in [-0.05, 0) is 54.2 Å². The molecule has 1 aromatic heterocycles. The van der Waals surface area contributed by atoms with E-state index < -0.39 is 10.0 Å². The van der Waals surface area contributed by atoms with Gasteiger partial charge in [0.25, 0.3) is 10.0 Å². The Balaban J connectivity index is 1.59. The Bertz CT molecular complexity index is 1120. The van der Waals surface area contributed by atoms with E-state index in [0.29, 0.717) is 22.4 Å². The number of rotatable bonds is 7. The maximum atomic E-state index is 12.5. The molecule has 0 bridgehead atoms. The lowest BCUT2D eigenvalue weighted by atomic mass is 10.2. The molecule has 0 atom stereocenters. The Kier molecular flexibility index (Phi) is 7.03. The number of hydrogen-bond donors (Lipinski definition) is 3. The number of aromatic nitrogens is 2. The fourth-order valence-corrected chi connectivity index (χ4v) is 3.70. The summed E-state index contributed by atoms with van der Waals surface area (Å²) in [6, 6.07) is 15.0. The third-order valence-corrected chi connectivity index (χ3v) is 5.75. The SMILES string of the molecule is COc1cc(NS(=O)(=O)c2ccc(NC(=S)NCc3ccc(Cl)cc3)cc2)ncn1. The number of anilines is 2. The van der Waals surface area contributed by atoms with Gasteiger partial charge in [0, 0.05) is 23.3 Å². The number of sulfonamides is 1. The van der Waals surface area contributed by atoms with E-state index in [4.69, 9.17) is 28.6 Å². The summed E-state index contributed by atoms with van der Waals surface area (Å²) in [6.07, 6.45) is 1.21. The lowest BCUT2D eigenvalue weighted by Crippen LogP contribution is -2.27. The third kappa shape index (κ3) is 6.02. The summed E-state index contributed by atoms with van der Waals surface area (Å²) in [5.41, 5.74) is 1.67. The van der Waals surface area contributed by atoms with Gasteiger partial charge >= 0.3 is 0 Å². The number of hydrogen-bond acceptors (Lipinski definition) is 6. The van der Waals surface area contributed by atoms with Crippen LogP contribution in [0.5, 0.6) is 5.88 Å². The number of ether oxygens (including phenoxy) is 1. The highest BCUT2D eigenvalue weighted by molar-refractivity contribution is 7.92. The second kappa shape index (κ2) is 9.70. The van der Waals surface area contributed by atoms with E-state index >= 15 is 0 Å². The van der Waals surface area contributed by atoms with E-state index in [0.717, 1.165) is 5.56 Å². The van der Waals surface area contributed by atoms with Crippen LogP contribution in [0.1, 0.15) is 5.56 Å². The minimum absolute atomic E-state index is 0.0747. The molecule has 0 unspecified atom stereocenters. The molecule has 0 fully saturated rings. The average Bonchev–Trinajstić information content (AvgIpc) is 2.73. The lowest BCUT2D eigenvalue weighted by molar-refractivity contribution is 0.397. The van der Waals surface area contributed by atoms with Crippen molar-refractivity contribution >= 4 is 50.5 Å². The summed E-state index contributed by atoms with van der Waals surface area (Å²) in [5.74, 6) is 0.360. The molecular weight excluding hydrogens is 446 g/mol. The molecule has 0 amide bonds. The second-order valence-corrected chi connectivity index (χ2v) is 8.54. The van der Waals surface area contributed by atoms with Crippen molar-refractivity contribution in [3.63, 3.8) is 0 Å². The van der Waals surface area contributed by atoms with E-state index in [9.17, 15) is 8.42 Å². The van der Waals surface area contributed by atoms with E-state index in [2.05, 4.69) is 25.3 Å². The molecule has 0 spiro atoms. The topological polar surface area (TPSA) is 105 Å². The lowest BCUT2D eigenvalue weighted by Gasteiger charge is -2.12. The Morgan fingerprint density at radius 2 is 1.80 bits per heavy atom. The highest BCUT2D eigenvalue weighted by Crippen LogP contribution is 2.19. The van der Waals surface area contributed by atoms with Gasteiger partial charge in [-0.2, -0.15) is 0 Å². The molecular formula is C19H18ClN5O3S2. The molecule has 3 aromatic rings. The van der Waals surface area contributed by atoms with Crippen LogP contribution < -0.4 is 20.1 Å². The highest BCUT2D eigenvalue weighted by atomic mass is 35.5. The van der Waals surface area contributed by atoms with Crippen molar-refractivity contribution < 1.29 is 13.2 Å². The molecule has 3 rings (SSSR count). The number of nitrogens with one attached hydrogen (secondary N) is 3.